The molecular formula is C20H20BrN3O3S. The number of nitrogens with one attached hydrogen (secondary N) is 1. The Balaban J connectivity index is 1.83. The quantitative estimate of drug-likeness (QED) is 0.541. The smallest absolute Gasteiger partial charge is 0.415 e. The zero-order valence-electron chi connectivity index (χ0n) is 15.8. The highest BCUT2D eigenvalue weighted by atomic mass is 79.9. The number of aromatic amines is 1. The molecule has 3 heterocycles. The summed E-state index contributed by atoms with van der Waals surface area (Å²) < 4.78 is 7.08. The van der Waals surface area contributed by atoms with E-state index in [0.717, 1.165) is 21.5 Å². The number of halogens is 1. The van der Waals surface area contributed by atoms with Crippen LogP contribution in [-0.4, -0.2) is 21.7 Å². The SMILES string of the molecule is CC(C)(C)OC(=O)N1c2ccccc2CCC1c1nc2cc(Br)sc2c(=O)[nH]1. The van der Waals surface area contributed by atoms with Gasteiger partial charge in [-0.2, -0.15) is 0 Å². The fourth-order valence-corrected chi connectivity index (χ4v) is 4.85. The number of thiophene rings is 1. The van der Waals surface area contributed by atoms with Crippen LogP contribution in [0.3, 0.4) is 0 Å². The lowest BCUT2D eigenvalue weighted by atomic mass is 9.95. The van der Waals surface area contributed by atoms with Crippen molar-refractivity contribution >= 4 is 49.3 Å². The third kappa shape index (κ3) is 3.58. The highest BCUT2D eigenvalue weighted by Gasteiger charge is 2.36. The number of amides is 1. The van der Waals surface area contributed by atoms with E-state index in [9.17, 15) is 9.59 Å². The van der Waals surface area contributed by atoms with Gasteiger partial charge < -0.3 is 9.72 Å². The van der Waals surface area contributed by atoms with Crippen LogP contribution in [0.4, 0.5) is 10.5 Å². The minimum atomic E-state index is -0.628. The molecule has 1 aromatic carbocycles. The number of aryl methyl sites for hydroxylation is 1. The molecule has 8 heteroatoms. The summed E-state index contributed by atoms with van der Waals surface area (Å²) in [5.41, 5.74) is 1.67. The van der Waals surface area contributed by atoms with Crippen molar-refractivity contribution in [1.82, 2.24) is 9.97 Å². The van der Waals surface area contributed by atoms with Crippen molar-refractivity contribution in [2.45, 2.75) is 45.3 Å². The summed E-state index contributed by atoms with van der Waals surface area (Å²) in [6, 6.07) is 9.20. The number of hydrogen-bond acceptors (Lipinski definition) is 5. The van der Waals surface area contributed by atoms with E-state index in [1.54, 1.807) is 4.90 Å². The van der Waals surface area contributed by atoms with Crippen LogP contribution in [0.1, 0.15) is 44.6 Å². The number of carbonyl (C=O) groups excluding carboxylic acids is 1. The normalized spacial score (nSPS) is 16.9. The Morgan fingerprint density at radius 2 is 2.11 bits per heavy atom. The van der Waals surface area contributed by atoms with Gasteiger partial charge in [0.05, 0.1) is 21.0 Å². The van der Waals surface area contributed by atoms with E-state index in [1.807, 2.05) is 51.1 Å². The number of ether oxygens (including phenoxy) is 1. The Labute approximate surface area is 174 Å². The van der Waals surface area contributed by atoms with E-state index in [1.165, 1.54) is 11.3 Å². The van der Waals surface area contributed by atoms with Gasteiger partial charge in [-0.15, -0.1) is 11.3 Å². The van der Waals surface area contributed by atoms with E-state index in [0.29, 0.717) is 22.5 Å². The van der Waals surface area contributed by atoms with Crippen molar-refractivity contribution in [3.8, 4) is 0 Å². The molecule has 0 aliphatic carbocycles. The second kappa shape index (κ2) is 7.00. The second-order valence-electron chi connectivity index (χ2n) is 7.75. The van der Waals surface area contributed by atoms with Gasteiger partial charge in [0.25, 0.3) is 5.56 Å². The number of para-hydroxylation sites is 1. The average molecular weight is 462 g/mol. The van der Waals surface area contributed by atoms with Gasteiger partial charge in [0.2, 0.25) is 0 Å². The molecule has 0 spiro atoms. The van der Waals surface area contributed by atoms with Gasteiger partial charge >= 0.3 is 6.09 Å². The number of benzene rings is 1. The summed E-state index contributed by atoms with van der Waals surface area (Å²) in [4.78, 5) is 34.8. The molecule has 0 saturated heterocycles. The van der Waals surface area contributed by atoms with Crippen LogP contribution in [0.2, 0.25) is 0 Å². The van der Waals surface area contributed by atoms with Crippen LogP contribution in [0.5, 0.6) is 0 Å². The third-order valence-electron chi connectivity index (χ3n) is 4.53. The fraction of sp³-hybridized carbons (Fsp3) is 0.350. The van der Waals surface area contributed by atoms with E-state index in [4.69, 9.17) is 4.74 Å². The highest BCUT2D eigenvalue weighted by molar-refractivity contribution is 9.11. The first-order chi connectivity index (χ1) is 13.2. The van der Waals surface area contributed by atoms with Crippen molar-refractivity contribution in [1.29, 1.82) is 0 Å². The van der Waals surface area contributed by atoms with Gasteiger partial charge in [-0.3, -0.25) is 9.69 Å². The van der Waals surface area contributed by atoms with E-state index < -0.39 is 17.7 Å². The minimum Gasteiger partial charge on any atom is -0.443 e. The number of anilines is 1. The molecule has 3 aromatic rings. The molecule has 0 bridgehead atoms. The minimum absolute atomic E-state index is 0.196. The second-order valence-corrected chi connectivity index (χ2v) is 10.2. The molecule has 1 atom stereocenters. The first-order valence-corrected chi connectivity index (χ1v) is 10.6. The number of fused-ring (bicyclic) bond motifs is 2. The maximum Gasteiger partial charge on any atom is 0.415 e. The molecule has 1 unspecified atom stereocenters. The maximum atomic E-state index is 13.1. The largest absolute Gasteiger partial charge is 0.443 e. The van der Waals surface area contributed by atoms with Gasteiger partial charge in [0, 0.05) is 0 Å². The Kier molecular flexibility index (Phi) is 4.79. The number of aromatic nitrogens is 2. The van der Waals surface area contributed by atoms with Crippen LogP contribution in [0.25, 0.3) is 10.2 Å². The molecule has 0 radical (unpaired) electrons. The molecule has 1 aliphatic rings. The van der Waals surface area contributed by atoms with Gasteiger partial charge in [0.1, 0.15) is 16.1 Å². The fourth-order valence-electron chi connectivity index (χ4n) is 3.43. The molecule has 6 nitrogen and oxygen atoms in total. The molecular weight excluding hydrogens is 442 g/mol. The topological polar surface area (TPSA) is 75.3 Å². The summed E-state index contributed by atoms with van der Waals surface area (Å²) in [5.74, 6) is 0.475. The number of H-pyrrole nitrogens is 1. The lowest BCUT2D eigenvalue weighted by molar-refractivity contribution is 0.0558. The monoisotopic (exact) mass is 461 g/mol. The van der Waals surface area contributed by atoms with Gasteiger partial charge in [0.15, 0.2) is 0 Å². The molecule has 2 aromatic heterocycles. The Morgan fingerprint density at radius 1 is 1.36 bits per heavy atom. The molecule has 146 valence electrons. The maximum absolute atomic E-state index is 13.1. The van der Waals surface area contributed by atoms with Crippen molar-refractivity contribution in [3.05, 3.63) is 55.9 Å². The van der Waals surface area contributed by atoms with E-state index in [-0.39, 0.29) is 5.56 Å². The summed E-state index contributed by atoms with van der Waals surface area (Å²) in [7, 11) is 0. The number of hydrogen-bond donors (Lipinski definition) is 1. The Bertz CT molecular complexity index is 1120. The van der Waals surface area contributed by atoms with Crippen LogP contribution < -0.4 is 10.5 Å². The first kappa shape index (κ1) is 19.1. The molecule has 1 N–H and O–H groups in total. The average Bonchev–Trinajstić information content (AvgIpc) is 3.00. The van der Waals surface area contributed by atoms with Crippen molar-refractivity contribution in [3.63, 3.8) is 0 Å². The van der Waals surface area contributed by atoms with Crippen LogP contribution in [0, 0.1) is 0 Å². The Hall–Kier alpha value is -2.19. The molecule has 1 amide bonds. The third-order valence-corrected chi connectivity index (χ3v) is 6.15. The predicted octanol–water partition coefficient (Wildman–Crippen LogP) is 5.18. The van der Waals surface area contributed by atoms with Crippen molar-refractivity contribution < 1.29 is 9.53 Å². The van der Waals surface area contributed by atoms with Crippen LogP contribution >= 0.6 is 27.3 Å². The summed E-state index contributed by atoms with van der Waals surface area (Å²) in [6.45, 7) is 5.51. The summed E-state index contributed by atoms with van der Waals surface area (Å²) in [5, 5.41) is 0. The van der Waals surface area contributed by atoms with Gasteiger partial charge in [-0.25, -0.2) is 9.78 Å². The van der Waals surface area contributed by atoms with E-state index in [2.05, 4.69) is 25.9 Å². The standard InChI is InChI=1S/C20H20BrN3O3S/c1-20(2,3)27-19(26)24-13-7-5-4-6-11(13)8-9-14(24)17-22-12-10-15(21)28-16(12)18(25)23-17/h4-7,10,14H,8-9H2,1-3H3,(H,22,23,25). The zero-order valence-corrected chi connectivity index (χ0v) is 18.2. The lowest BCUT2D eigenvalue weighted by Crippen LogP contribution is -2.42. The molecule has 4 rings (SSSR count). The molecule has 1 aliphatic heterocycles. The summed E-state index contributed by atoms with van der Waals surface area (Å²) in [6.07, 6.45) is 0.990. The number of nitrogens with zero attached hydrogens (tertiary/aromatic N) is 2. The Morgan fingerprint density at radius 3 is 2.86 bits per heavy atom. The van der Waals surface area contributed by atoms with Gasteiger partial charge in [-0.1, -0.05) is 18.2 Å². The zero-order chi connectivity index (χ0) is 20.1. The lowest BCUT2D eigenvalue weighted by Gasteiger charge is -2.37. The molecule has 0 saturated carbocycles. The van der Waals surface area contributed by atoms with Crippen molar-refractivity contribution in [2.24, 2.45) is 0 Å². The van der Waals surface area contributed by atoms with E-state index >= 15 is 0 Å². The highest BCUT2D eigenvalue weighted by Crippen LogP contribution is 2.38. The number of rotatable bonds is 1. The van der Waals surface area contributed by atoms with Crippen LogP contribution in [-0.2, 0) is 11.2 Å². The molecule has 28 heavy (non-hydrogen) atoms. The van der Waals surface area contributed by atoms with Gasteiger partial charge in [-0.05, 0) is 67.2 Å². The van der Waals surface area contributed by atoms with Crippen LogP contribution in [0.15, 0.2) is 38.9 Å². The number of carbonyl (C=O) groups is 1. The van der Waals surface area contributed by atoms with Crippen molar-refractivity contribution in [2.75, 3.05) is 4.90 Å². The summed E-state index contributed by atoms with van der Waals surface area (Å²) >= 11 is 4.75. The first-order valence-electron chi connectivity index (χ1n) is 9.02. The predicted molar refractivity (Wildman–Crippen MR) is 114 cm³/mol. The molecule has 0 fully saturated rings.